The van der Waals surface area contributed by atoms with Crippen molar-refractivity contribution in [2.45, 2.75) is 17.7 Å². The summed E-state index contributed by atoms with van der Waals surface area (Å²) in [6.45, 7) is -1.13. The molecule has 20 heavy (non-hydrogen) atoms. The van der Waals surface area contributed by atoms with Crippen LogP contribution in [0.3, 0.4) is 0 Å². The van der Waals surface area contributed by atoms with Gasteiger partial charge >= 0.3 is 5.97 Å². The van der Waals surface area contributed by atoms with Crippen LogP contribution in [0.5, 0.6) is 0 Å². The third kappa shape index (κ3) is 4.80. The molecule has 4 nitrogen and oxygen atoms in total. The molecule has 0 aliphatic rings. The molecule has 0 aliphatic heterocycles. The number of rotatable bonds is 6. The van der Waals surface area contributed by atoms with Gasteiger partial charge in [-0.05, 0) is 18.2 Å². The second-order valence-electron chi connectivity index (χ2n) is 3.69. The zero-order chi connectivity index (χ0) is 15.3. The predicted octanol–water partition coefficient (Wildman–Crippen LogP) is 2.15. The molecule has 0 radical (unpaired) electrons. The van der Waals surface area contributed by atoms with Gasteiger partial charge in [0.25, 0.3) is 12.9 Å². The van der Waals surface area contributed by atoms with Gasteiger partial charge in [-0.1, -0.05) is 6.07 Å². The fraction of sp³-hybridized carbons (Fsp3) is 0.364. The number of carbonyl (C=O) groups excluding carboxylic acids is 1. The maximum absolute atomic E-state index is 12.1. The topological polar surface area (TPSA) is 60.4 Å². The molecule has 0 heterocycles. The Balaban J connectivity index is 2.93. The highest BCUT2D eigenvalue weighted by Crippen LogP contribution is 2.16. The van der Waals surface area contributed by atoms with Crippen molar-refractivity contribution < 1.29 is 35.5 Å². The lowest BCUT2D eigenvalue weighted by Gasteiger charge is -2.07. The van der Waals surface area contributed by atoms with Crippen LogP contribution in [0.25, 0.3) is 0 Å². The van der Waals surface area contributed by atoms with E-state index in [2.05, 4.69) is 4.74 Å². The van der Waals surface area contributed by atoms with Gasteiger partial charge in [-0.15, -0.1) is 0 Å². The Morgan fingerprint density at radius 1 is 1.15 bits per heavy atom. The van der Waals surface area contributed by atoms with E-state index >= 15 is 0 Å². The number of halogens is 4. The Bertz CT molecular complexity index is 572. The second-order valence-corrected chi connectivity index (χ2v) is 5.72. The molecule has 0 saturated carbocycles. The maximum Gasteiger partial charge on any atom is 0.338 e. The summed E-state index contributed by atoms with van der Waals surface area (Å²) in [5.74, 6) is -2.54. The number of alkyl halides is 4. The van der Waals surface area contributed by atoms with Crippen molar-refractivity contribution in [2.24, 2.45) is 0 Å². The fourth-order valence-electron chi connectivity index (χ4n) is 1.30. The van der Waals surface area contributed by atoms with Crippen molar-refractivity contribution in [3.05, 3.63) is 29.8 Å². The molecule has 1 aromatic rings. The number of sulfone groups is 1. The minimum atomic E-state index is -4.25. The molecule has 0 N–H and O–H groups in total. The Labute approximate surface area is 112 Å². The molecule has 0 saturated heterocycles. The molecule has 0 aromatic heterocycles. The molecule has 0 aliphatic carbocycles. The lowest BCUT2D eigenvalue weighted by molar-refractivity contribution is 0.0160. The SMILES string of the molecule is O=C(OCC(F)F)c1cccc(S(=O)(=O)CC(F)F)c1. The van der Waals surface area contributed by atoms with E-state index in [-0.39, 0.29) is 5.56 Å². The lowest BCUT2D eigenvalue weighted by atomic mass is 10.2. The molecule has 9 heteroatoms. The molecule has 0 amide bonds. The van der Waals surface area contributed by atoms with Crippen molar-refractivity contribution >= 4 is 15.8 Å². The zero-order valence-corrected chi connectivity index (χ0v) is 10.7. The van der Waals surface area contributed by atoms with Crippen LogP contribution < -0.4 is 0 Å². The van der Waals surface area contributed by atoms with Crippen LogP contribution in [0.1, 0.15) is 10.4 Å². The van der Waals surface area contributed by atoms with Crippen molar-refractivity contribution in [2.75, 3.05) is 12.4 Å². The molecule has 112 valence electrons. The Hall–Kier alpha value is -1.64. The molecular weight excluding hydrogens is 304 g/mol. The van der Waals surface area contributed by atoms with Gasteiger partial charge in [0, 0.05) is 0 Å². The highest BCUT2D eigenvalue weighted by molar-refractivity contribution is 7.91. The third-order valence-corrected chi connectivity index (χ3v) is 3.78. The van der Waals surface area contributed by atoms with Gasteiger partial charge in [0.1, 0.15) is 5.75 Å². The highest BCUT2D eigenvalue weighted by Gasteiger charge is 2.22. The van der Waals surface area contributed by atoms with E-state index in [1.807, 2.05) is 0 Å². The van der Waals surface area contributed by atoms with Crippen LogP contribution in [0.2, 0.25) is 0 Å². The van der Waals surface area contributed by atoms with Crippen LogP contribution in [0.15, 0.2) is 29.2 Å². The first-order valence-electron chi connectivity index (χ1n) is 5.28. The summed E-state index contributed by atoms with van der Waals surface area (Å²) < 4.78 is 75.3. The number of hydrogen-bond acceptors (Lipinski definition) is 4. The van der Waals surface area contributed by atoms with E-state index in [4.69, 9.17) is 0 Å². The van der Waals surface area contributed by atoms with Crippen LogP contribution >= 0.6 is 0 Å². The fourth-order valence-corrected chi connectivity index (χ4v) is 2.42. The second kappa shape index (κ2) is 6.69. The van der Waals surface area contributed by atoms with Crippen LogP contribution in [-0.4, -0.2) is 39.6 Å². The summed E-state index contributed by atoms with van der Waals surface area (Å²) in [6.07, 6.45) is -5.92. The largest absolute Gasteiger partial charge is 0.456 e. The maximum atomic E-state index is 12.1. The van der Waals surface area contributed by atoms with Crippen LogP contribution in [-0.2, 0) is 14.6 Å². The van der Waals surface area contributed by atoms with Crippen molar-refractivity contribution in [3.63, 3.8) is 0 Å². The molecule has 0 atom stereocenters. The molecule has 0 fully saturated rings. The predicted molar refractivity (Wildman–Crippen MR) is 60.8 cm³/mol. The van der Waals surface area contributed by atoms with Gasteiger partial charge in [-0.2, -0.15) is 0 Å². The molecule has 0 spiro atoms. The minimum absolute atomic E-state index is 0.305. The van der Waals surface area contributed by atoms with Crippen LogP contribution in [0, 0.1) is 0 Å². The molecular formula is C11H10F4O4S. The summed E-state index contributed by atoms with van der Waals surface area (Å²) in [5, 5.41) is 0. The van der Waals surface area contributed by atoms with Gasteiger partial charge in [-0.25, -0.2) is 30.8 Å². The first kappa shape index (κ1) is 16.4. The number of carbonyl (C=O) groups is 1. The van der Waals surface area contributed by atoms with Gasteiger partial charge in [0.2, 0.25) is 0 Å². The summed E-state index contributed by atoms with van der Waals surface area (Å²) in [4.78, 5) is 10.9. The molecule has 1 aromatic carbocycles. The first-order chi connectivity index (χ1) is 9.22. The Morgan fingerprint density at radius 2 is 1.80 bits per heavy atom. The van der Waals surface area contributed by atoms with E-state index in [0.29, 0.717) is 0 Å². The Kier molecular flexibility index (Phi) is 5.49. The number of ether oxygens (including phenoxy) is 1. The minimum Gasteiger partial charge on any atom is -0.456 e. The highest BCUT2D eigenvalue weighted by atomic mass is 32.2. The number of hydrogen-bond donors (Lipinski definition) is 0. The van der Waals surface area contributed by atoms with Crippen molar-refractivity contribution in [3.8, 4) is 0 Å². The quantitative estimate of drug-likeness (QED) is 0.596. The van der Waals surface area contributed by atoms with Gasteiger partial charge in [0.05, 0.1) is 10.5 Å². The van der Waals surface area contributed by atoms with Gasteiger partial charge in [0.15, 0.2) is 16.4 Å². The summed E-state index contributed by atoms with van der Waals surface area (Å²) in [6, 6.07) is 4.11. The van der Waals surface area contributed by atoms with Gasteiger partial charge in [-0.3, -0.25) is 0 Å². The standard InChI is InChI=1S/C11H10F4O4S/c12-9(13)5-19-11(16)7-2-1-3-8(4-7)20(17,18)6-10(14)15/h1-4,9-10H,5-6H2. The van der Waals surface area contributed by atoms with E-state index in [0.717, 1.165) is 24.3 Å². The number of benzene rings is 1. The summed E-state index contributed by atoms with van der Waals surface area (Å²) >= 11 is 0. The van der Waals surface area contributed by atoms with E-state index in [1.165, 1.54) is 0 Å². The summed E-state index contributed by atoms with van der Waals surface area (Å²) in [7, 11) is -4.25. The van der Waals surface area contributed by atoms with E-state index < -0.39 is 45.9 Å². The monoisotopic (exact) mass is 314 g/mol. The summed E-state index contributed by atoms with van der Waals surface area (Å²) in [5.41, 5.74) is -0.305. The average Bonchev–Trinajstić information content (AvgIpc) is 2.34. The van der Waals surface area contributed by atoms with Crippen molar-refractivity contribution in [1.82, 2.24) is 0 Å². The molecule has 1 rings (SSSR count). The lowest BCUT2D eigenvalue weighted by Crippen LogP contribution is -2.15. The first-order valence-corrected chi connectivity index (χ1v) is 6.94. The molecule has 0 unspecified atom stereocenters. The van der Waals surface area contributed by atoms with Gasteiger partial charge < -0.3 is 4.74 Å². The zero-order valence-electron chi connectivity index (χ0n) is 9.93. The third-order valence-electron chi connectivity index (χ3n) is 2.11. The smallest absolute Gasteiger partial charge is 0.338 e. The normalized spacial score (nSPS) is 11.9. The van der Waals surface area contributed by atoms with E-state index in [1.54, 1.807) is 0 Å². The Morgan fingerprint density at radius 3 is 2.35 bits per heavy atom. The van der Waals surface area contributed by atoms with Crippen LogP contribution in [0.4, 0.5) is 17.6 Å². The van der Waals surface area contributed by atoms with Crippen molar-refractivity contribution in [1.29, 1.82) is 0 Å². The molecule has 0 bridgehead atoms. The van der Waals surface area contributed by atoms with E-state index in [9.17, 15) is 30.8 Å². The average molecular weight is 314 g/mol. The number of esters is 1.